The van der Waals surface area contributed by atoms with Crippen LogP contribution in [0.4, 0.5) is 32.3 Å². The number of hydrogen-bond donors (Lipinski definition) is 1. The van der Waals surface area contributed by atoms with E-state index in [1.165, 1.54) is 12.1 Å². The number of methoxy groups -OCH3 is 1. The van der Waals surface area contributed by atoms with Crippen LogP contribution in [-0.2, 0) is 23.9 Å². The zero-order chi connectivity index (χ0) is 43.0. The van der Waals surface area contributed by atoms with E-state index in [4.69, 9.17) is 14.5 Å². The Morgan fingerprint density at radius 3 is 2.08 bits per heavy atom. The molecule has 1 N–H and O–H groups in total. The summed E-state index contributed by atoms with van der Waals surface area (Å²) in [5, 5.41) is 10.6. The van der Waals surface area contributed by atoms with Crippen molar-refractivity contribution in [2.45, 2.75) is 134 Å². The van der Waals surface area contributed by atoms with E-state index >= 15 is 4.39 Å². The Morgan fingerprint density at radius 1 is 0.867 bits per heavy atom. The zero-order valence-electron chi connectivity index (χ0n) is 35.0. The molecule has 324 valence electrons. The highest BCUT2D eigenvalue weighted by molar-refractivity contribution is 5.51. The van der Waals surface area contributed by atoms with Crippen LogP contribution in [0.5, 0.6) is 5.75 Å². The number of piperidine rings is 1. The quantitative estimate of drug-likeness (QED) is 0.142. The van der Waals surface area contributed by atoms with Crippen LogP contribution in [0, 0.1) is 11.3 Å². The molecule has 1 saturated heterocycles. The van der Waals surface area contributed by atoms with Gasteiger partial charge in [0.25, 0.3) is 0 Å². The lowest BCUT2D eigenvalue weighted by Gasteiger charge is -2.42. The average molecular weight is 839 g/mol. The molecule has 2 aliphatic carbocycles. The minimum absolute atomic E-state index is 0.0470. The number of anilines is 1. The molecule has 4 aromatic rings. The molecule has 3 heterocycles. The number of aliphatic hydroxyl groups is 1. The fourth-order valence-corrected chi connectivity index (χ4v) is 9.34. The van der Waals surface area contributed by atoms with Crippen molar-refractivity contribution in [1.82, 2.24) is 15.0 Å². The van der Waals surface area contributed by atoms with E-state index in [-0.39, 0.29) is 54.7 Å². The Bertz CT molecular complexity index is 2060. The highest BCUT2D eigenvalue weighted by Gasteiger charge is 2.44. The van der Waals surface area contributed by atoms with Crippen LogP contribution >= 0.6 is 0 Å². The van der Waals surface area contributed by atoms with Gasteiger partial charge < -0.3 is 19.5 Å². The van der Waals surface area contributed by atoms with E-state index < -0.39 is 42.0 Å². The van der Waals surface area contributed by atoms with Gasteiger partial charge in [0.1, 0.15) is 5.75 Å². The standard InChI is InChI=1S/C47H56F6N4O3/c1-28(2)22-37(58)33-25-54-44(55-26-33)57-20-16-32(17-21-57)43-41(42(48)31-8-10-34(11-9-31)47(51,52)53)39(30-14-18-46(49,50)19-15-30)40-36(56-43)23-45(3,4)24-38(40)60-27-29-6-12-35(59-5)13-7-29/h6-13,25-26,28,30,32,37-38,42,58H,14-24,27H2,1-5H3/t37?,38-,42-/m0/s1. The molecule has 13 heteroatoms. The third-order valence-corrected chi connectivity index (χ3v) is 12.6. The van der Waals surface area contributed by atoms with Crippen LogP contribution in [0.3, 0.4) is 0 Å². The number of hydrogen-bond acceptors (Lipinski definition) is 7. The second kappa shape index (κ2) is 17.6. The minimum atomic E-state index is -4.60. The SMILES string of the molecule is COc1ccc(CO[C@H]2CC(C)(C)Cc3nc(C4CCN(c5ncc(C(O)CC(C)C)cn5)CC4)c([C@@H](F)c4ccc(C(F)(F)F)cc4)c(C4CCC(F)(F)CC4)c32)cc1. The van der Waals surface area contributed by atoms with E-state index in [2.05, 4.69) is 23.8 Å². The molecule has 2 fully saturated rings. The number of fused-ring (bicyclic) bond motifs is 1. The minimum Gasteiger partial charge on any atom is -0.497 e. The molecular weight excluding hydrogens is 783 g/mol. The summed E-state index contributed by atoms with van der Waals surface area (Å²) in [6.45, 7) is 9.64. The van der Waals surface area contributed by atoms with E-state index in [0.717, 1.165) is 29.0 Å². The van der Waals surface area contributed by atoms with Gasteiger partial charge in [-0.2, -0.15) is 13.2 Å². The lowest BCUT2D eigenvalue weighted by atomic mass is 9.68. The number of nitrogens with zero attached hydrogens (tertiary/aromatic N) is 4. The normalized spacial score (nSPS) is 20.8. The summed E-state index contributed by atoms with van der Waals surface area (Å²) in [4.78, 5) is 16.6. The van der Waals surface area contributed by atoms with Crippen LogP contribution in [0.2, 0.25) is 0 Å². The molecule has 2 aromatic heterocycles. The highest BCUT2D eigenvalue weighted by atomic mass is 19.4. The maximum atomic E-state index is 17.8. The van der Waals surface area contributed by atoms with Gasteiger partial charge in [0.2, 0.25) is 11.9 Å². The molecule has 1 unspecified atom stereocenters. The van der Waals surface area contributed by atoms with E-state index in [9.17, 15) is 27.1 Å². The number of benzene rings is 2. The Morgan fingerprint density at radius 2 is 1.50 bits per heavy atom. The van der Waals surface area contributed by atoms with Crippen molar-refractivity contribution in [3.8, 4) is 5.75 Å². The van der Waals surface area contributed by atoms with Gasteiger partial charge in [-0.3, -0.25) is 4.98 Å². The fourth-order valence-electron chi connectivity index (χ4n) is 9.34. The highest BCUT2D eigenvalue weighted by Crippen LogP contribution is 2.53. The molecule has 7 nitrogen and oxygen atoms in total. The molecule has 0 amide bonds. The van der Waals surface area contributed by atoms with Crippen molar-refractivity contribution in [2.24, 2.45) is 11.3 Å². The van der Waals surface area contributed by atoms with Crippen molar-refractivity contribution < 1.29 is 40.9 Å². The summed E-state index contributed by atoms with van der Waals surface area (Å²) >= 11 is 0. The second-order valence-electron chi connectivity index (χ2n) is 18.2. The maximum absolute atomic E-state index is 17.8. The van der Waals surface area contributed by atoms with E-state index in [1.807, 2.05) is 43.0 Å². The van der Waals surface area contributed by atoms with Gasteiger partial charge in [-0.25, -0.2) is 23.1 Å². The first kappa shape index (κ1) is 43.8. The topological polar surface area (TPSA) is 80.6 Å². The lowest BCUT2D eigenvalue weighted by Crippen LogP contribution is -2.36. The third kappa shape index (κ3) is 9.93. The molecular formula is C47H56F6N4O3. The molecule has 2 aromatic carbocycles. The molecule has 3 atom stereocenters. The third-order valence-electron chi connectivity index (χ3n) is 12.6. The van der Waals surface area contributed by atoms with Crippen molar-refractivity contribution in [3.63, 3.8) is 0 Å². The van der Waals surface area contributed by atoms with Gasteiger partial charge in [-0.1, -0.05) is 52.0 Å². The largest absolute Gasteiger partial charge is 0.497 e. The van der Waals surface area contributed by atoms with Gasteiger partial charge >= 0.3 is 6.18 Å². The summed E-state index contributed by atoms with van der Waals surface area (Å²) < 4.78 is 101. The Hall–Kier alpha value is -4.23. The van der Waals surface area contributed by atoms with Crippen molar-refractivity contribution in [2.75, 3.05) is 25.1 Å². The first-order valence-corrected chi connectivity index (χ1v) is 21.2. The Balaban J connectivity index is 1.31. The molecule has 3 aliphatic rings. The second-order valence-corrected chi connectivity index (χ2v) is 18.2. The van der Waals surface area contributed by atoms with Crippen LogP contribution in [-0.4, -0.2) is 46.2 Å². The molecule has 0 bridgehead atoms. The molecule has 7 rings (SSSR count). The first-order valence-electron chi connectivity index (χ1n) is 21.2. The van der Waals surface area contributed by atoms with Crippen LogP contribution in [0.25, 0.3) is 0 Å². The molecule has 60 heavy (non-hydrogen) atoms. The summed E-state index contributed by atoms with van der Waals surface area (Å²) in [5.41, 5.74) is 3.38. The number of aromatic nitrogens is 3. The monoisotopic (exact) mass is 838 g/mol. The number of aliphatic hydroxyl groups excluding tert-OH is 1. The zero-order valence-corrected chi connectivity index (χ0v) is 35.0. The maximum Gasteiger partial charge on any atom is 0.416 e. The van der Waals surface area contributed by atoms with Crippen LogP contribution < -0.4 is 9.64 Å². The van der Waals surface area contributed by atoms with Crippen molar-refractivity contribution in [1.29, 1.82) is 0 Å². The summed E-state index contributed by atoms with van der Waals surface area (Å²) in [7, 11) is 1.59. The molecule has 1 aliphatic heterocycles. The van der Waals surface area contributed by atoms with E-state index in [1.54, 1.807) is 19.5 Å². The van der Waals surface area contributed by atoms with Gasteiger partial charge in [0, 0.05) is 66.6 Å². The number of halogens is 6. The lowest BCUT2D eigenvalue weighted by molar-refractivity contribution is -0.137. The van der Waals surface area contributed by atoms with Crippen LogP contribution in [0.1, 0.15) is 160 Å². The van der Waals surface area contributed by atoms with Gasteiger partial charge in [0.15, 0.2) is 6.17 Å². The Kier molecular flexibility index (Phi) is 12.9. The summed E-state index contributed by atoms with van der Waals surface area (Å²) in [6, 6.07) is 11.7. The average Bonchev–Trinajstić information content (AvgIpc) is 3.21. The van der Waals surface area contributed by atoms with Crippen molar-refractivity contribution >= 4 is 5.95 Å². The van der Waals surface area contributed by atoms with E-state index in [0.29, 0.717) is 79.6 Å². The molecule has 0 radical (unpaired) electrons. The number of rotatable bonds is 12. The van der Waals surface area contributed by atoms with Crippen molar-refractivity contribution in [3.05, 3.63) is 111 Å². The Labute approximate surface area is 349 Å². The summed E-state index contributed by atoms with van der Waals surface area (Å²) in [6.07, 6.45) is -1.99. The smallest absolute Gasteiger partial charge is 0.416 e. The number of ether oxygens (including phenoxy) is 2. The van der Waals surface area contributed by atoms with Gasteiger partial charge in [-0.15, -0.1) is 0 Å². The van der Waals surface area contributed by atoms with Crippen LogP contribution in [0.15, 0.2) is 60.9 Å². The van der Waals surface area contributed by atoms with Gasteiger partial charge in [0.05, 0.1) is 37.2 Å². The fraction of sp³-hybridized carbons (Fsp3) is 0.553. The molecule has 1 saturated carbocycles. The predicted molar refractivity (Wildman–Crippen MR) is 218 cm³/mol. The van der Waals surface area contributed by atoms with Gasteiger partial charge in [-0.05, 0) is 103 Å². The number of pyridine rings is 1. The predicted octanol–water partition coefficient (Wildman–Crippen LogP) is 11.9. The number of alkyl halides is 6. The molecule has 0 spiro atoms. The summed E-state index contributed by atoms with van der Waals surface area (Å²) in [5.74, 6) is -2.01. The first-order chi connectivity index (χ1) is 28.4.